The Labute approximate surface area is 98.1 Å². The van der Waals surface area contributed by atoms with E-state index in [-0.39, 0.29) is 24.2 Å². The molecule has 0 bridgehead atoms. The molecule has 1 fully saturated rings. The lowest BCUT2D eigenvalue weighted by Crippen LogP contribution is -2.45. The molecule has 0 aliphatic heterocycles. The van der Waals surface area contributed by atoms with Crippen LogP contribution in [0.25, 0.3) is 0 Å². The molecule has 1 aliphatic carbocycles. The Morgan fingerprint density at radius 2 is 2.00 bits per heavy atom. The molecule has 0 radical (unpaired) electrons. The van der Waals surface area contributed by atoms with Gasteiger partial charge >= 0.3 is 0 Å². The fraction of sp³-hybridized carbons (Fsp3) is 0.643. The number of carbonyl (C=O) groups excluding carboxylic acids is 1. The minimum absolute atomic E-state index is 0.0699. The molecule has 3 atom stereocenters. The fourth-order valence-electron chi connectivity index (χ4n) is 2.60. The van der Waals surface area contributed by atoms with E-state index in [0.717, 1.165) is 17.6 Å². The highest BCUT2D eigenvalue weighted by Gasteiger charge is 2.46. The number of aliphatic hydroxyl groups excluding tert-OH is 1. The third-order valence-corrected chi connectivity index (χ3v) is 3.98. The Morgan fingerprint density at radius 3 is 2.38 bits per heavy atom. The molecule has 1 N–H and O–H groups in total. The summed E-state index contributed by atoms with van der Waals surface area (Å²) in [5, 5.41) is 9.48. The van der Waals surface area contributed by atoms with Gasteiger partial charge in [-0.2, -0.15) is 0 Å². The number of hydrogen-bond donors (Lipinski definition) is 1. The lowest BCUT2D eigenvalue weighted by atomic mass is 9.61. The predicted molar refractivity (Wildman–Crippen MR) is 66.0 cm³/mol. The van der Waals surface area contributed by atoms with Gasteiger partial charge in [-0.1, -0.05) is 24.3 Å². The Hall–Kier alpha value is -0.890. The highest BCUT2D eigenvalue weighted by Crippen LogP contribution is 2.45. The predicted octanol–water partition coefficient (Wildman–Crippen LogP) is 2.73. The molecule has 16 heavy (non-hydrogen) atoms. The van der Waals surface area contributed by atoms with Gasteiger partial charge in [-0.05, 0) is 39.0 Å². The second-order valence-electron chi connectivity index (χ2n) is 5.38. The van der Waals surface area contributed by atoms with Crippen molar-refractivity contribution in [1.29, 1.82) is 0 Å². The van der Waals surface area contributed by atoms with Crippen molar-refractivity contribution in [3.63, 3.8) is 0 Å². The van der Waals surface area contributed by atoms with Crippen molar-refractivity contribution in [3.8, 4) is 0 Å². The summed E-state index contributed by atoms with van der Waals surface area (Å²) in [6, 6.07) is 0. The molecule has 0 unspecified atom stereocenters. The van der Waals surface area contributed by atoms with Crippen LogP contribution in [0.15, 0.2) is 24.3 Å². The van der Waals surface area contributed by atoms with Crippen molar-refractivity contribution in [2.24, 2.45) is 17.3 Å². The first-order valence-corrected chi connectivity index (χ1v) is 5.78. The molecule has 0 saturated heterocycles. The van der Waals surface area contributed by atoms with E-state index >= 15 is 0 Å². The van der Waals surface area contributed by atoms with Gasteiger partial charge in [-0.25, -0.2) is 0 Å². The van der Waals surface area contributed by atoms with Crippen molar-refractivity contribution in [2.75, 3.05) is 6.61 Å². The van der Waals surface area contributed by atoms with Crippen LogP contribution in [0, 0.1) is 17.3 Å². The number of aliphatic hydroxyl groups is 1. The number of rotatable bonds is 3. The Balaban J connectivity index is 3.03. The average Bonchev–Trinajstić information content (AvgIpc) is 2.20. The van der Waals surface area contributed by atoms with Crippen LogP contribution in [0.3, 0.4) is 0 Å². The molecule has 90 valence electrons. The van der Waals surface area contributed by atoms with Crippen LogP contribution in [-0.4, -0.2) is 17.5 Å². The van der Waals surface area contributed by atoms with E-state index in [0.29, 0.717) is 6.42 Å². The zero-order chi connectivity index (χ0) is 12.5. The molecule has 2 nitrogen and oxygen atoms in total. The highest BCUT2D eigenvalue weighted by atomic mass is 16.3. The second kappa shape index (κ2) is 4.54. The molecule has 0 amide bonds. The first kappa shape index (κ1) is 13.2. The SMILES string of the molecule is C=C(C)[C@H]1CC(=O)[C@@](C)(CO)[C@H](C(=C)C)C1. The van der Waals surface area contributed by atoms with Crippen molar-refractivity contribution in [3.05, 3.63) is 24.3 Å². The molecule has 0 aromatic carbocycles. The largest absolute Gasteiger partial charge is 0.395 e. The maximum Gasteiger partial charge on any atom is 0.142 e. The topological polar surface area (TPSA) is 37.3 Å². The first-order valence-electron chi connectivity index (χ1n) is 5.78. The van der Waals surface area contributed by atoms with Gasteiger partial charge < -0.3 is 5.11 Å². The number of hydrogen-bond acceptors (Lipinski definition) is 2. The summed E-state index contributed by atoms with van der Waals surface area (Å²) >= 11 is 0. The van der Waals surface area contributed by atoms with Crippen molar-refractivity contribution in [1.82, 2.24) is 0 Å². The molecule has 1 rings (SSSR count). The number of carbonyl (C=O) groups is 1. The summed E-state index contributed by atoms with van der Waals surface area (Å²) in [5.41, 5.74) is 1.40. The molecule has 0 spiro atoms. The summed E-state index contributed by atoms with van der Waals surface area (Å²) in [4.78, 5) is 12.1. The monoisotopic (exact) mass is 222 g/mol. The third kappa shape index (κ3) is 2.12. The Kier molecular flexibility index (Phi) is 3.74. The molecule has 0 aromatic heterocycles. The number of Topliss-reactive ketones (excluding diaryl/α,β-unsaturated/α-hetero) is 1. The van der Waals surface area contributed by atoms with Gasteiger partial charge in [0.2, 0.25) is 0 Å². The fourth-order valence-corrected chi connectivity index (χ4v) is 2.60. The van der Waals surface area contributed by atoms with Crippen LogP contribution in [0.4, 0.5) is 0 Å². The van der Waals surface area contributed by atoms with Gasteiger partial charge in [0.15, 0.2) is 0 Å². The minimum Gasteiger partial charge on any atom is -0.395 e. The Morgan fingerprint density at radius 1 is 1.44 bits per heavy atom. The lowest BCUT2D eigenvalue weighted by Gasteiger charge is -2.42. The summed E-state index contributed by atoms with van der Waals surface area (Å²) in [6.07, 6.45) is 1.39. The summed E-state index contributed by atoms with van der Waals surface area (Å²) in [7, 11) is 0. The average molecular weight is 222 g/mol. The van der Waals surface area contributed by atoms with Gasteiger partial charge in [0, 0.05) is 6.42 Å². The number of allylic oxidation sites excluding steroid dienone is 2. The zero-order valence-corrected chi connectivity index (χ0v) is 10.5. The Bertz CT molecular complexity index is 330. The summed E-state index contributed by atoms with van der Waals surface area (Å²) in [6.45, 7) is 13.6. The van der Waals surface area contributed by atoms with Crippen LogP contribution in [0.2, 0.25) is 0 Å². The van der Waals surface area contributed by atoms with E-state index < -0.39 is 5.41 Å². The third-order valence-electron chi connectivity index (χ3n) is 3.98. The van der Waals surface area contributed by atoms with Crippen molar-refractivity contribution < 1.29 is 9.90 Å². The first-order chi connectivity index (χ1) is 7.32. The van der Waals surface area contributed by atoms with E-state index in [1.807, 2.05) is 20.8 Å². The molecule has 1 saturated carbocycles. The second-order valence-corrected chi connectivity index (χ2v) is 5.38. The van der Waals surface area contributed by atoms with E-state index in [1.54, 1.807) is 0 Å². The standard InChI is InChI=1S/C14H22O2/c1-9(2)11-6-12(10(3)4)14(5,8-15)13(16)7-11/h11-12,15H,1,3,6-8H2,2,4-5H3/t11-,12+,14+/m1/s1. The van der Waals surface area contributed by atoms with E-state index in [9.17, 15) is 9.90 Å². The van der Waals surface area contributed by atoms with Crippen molar-refractivity contribution in [2.45, 2.75) is 33.6 Å². The molecular weight excluding hydrogens is 200 g/mol. The minimum atomic E-state index is -0.641. The van der Waals surface area contributed by atoms with Crippen LogP contribution in [-0.2, 0) is 4.79 Å². The van der Waals surface area contributed by atoms with Gasteiger partial charge in [-0.3, -0.25) is 4.79 Å². The summed E-state index contributed by atoms with van der Waals surface area (Å²) < 4.78 is 0. The molecule has 2 heteroatoms. The van der Waals surface area contributed by atoms with Crippen molar-refractivity contribution >= 4 is 5.78 Å². The quantitative estimate of drug-likeness (QED) is 0.745. The van der Waals surface area contributed by atoms with Gasteiger partial charge in [0.25, 0.3) is 0 Å². The number of ketones is 1. The van der Waals surface area contributed by atoms with Gasteiger partial charge in [0.05, 0.1) is 12.0 Å². The smallest absolute Gasteiger partial charge is 0.142 e. The van der Waals surface area contributed by atoms with Gasteiger partial charge in [-0.15, -0.1) is 0 Å². The lowest BCUT2D eigenvalue weighted by molar-refractivity contribution is -0.137. The maximum atomic E-state index is 12.1. The molecular formula is C14H22O2. The summed E-state index contributed by atoms with van der Waals surface area (Å²) in [5.74, 6) is 0.455. The molecule has 1 aliphatic rings. The zero-order valence-electron chi connectivity index (χ0n) is 10.5. The van der Waals surface area contributed by atoms with E-state index in [4.69, 9.17) is 0 Å². The van der Waals surface area contributed by atoms with Crippen LogP contribution < -0.4 is 0 Å². The maximum absolute atomic E-state index is 12.1. The molecule has 0 heterocycles. The van der Waals surface area contributed by atoms with Gasteiger partial charge in [0.1, 0.15) is 5.78 Å². The molecule has 0 aromatic rings. The van der Waals surface area contributed by atoms with E-state index in [2.05, 4.69) is 13.2 Å². The van der Waals surface area contributed by atoms with E-state index in [1.165, 1.54) is 0 Å². The highest BCUT2D eigenvalue weighted by molar-refractivity contribution is 5.86. The normalized spacial score (nSPS) is 34.9. The van der Waals surface area contributed by atoms with Crippen LogP contribution >= 0.6 is 0 Å². The van der Waals surface area contributed by atoms with Crippen LogP contribution in [0.1, 0.15) is 33.6 Å². The van der Waals surface area contributed by atoms with Crippen LogP contribution in [0.5, 0.6) is 0 Å².